The van der Waals surface area contributed by atoms with Gasteiger partial charge in [0.05, 0.1) is 30.5 Å². The van der Waals surface area contributed by atoms with Crippen molar-refractivity contribution in [3.05, 3.63) is 77.1 Å². The number of aliphatic imine (C=N–C) groups is 2. The Kier molecular flexibility index (Phi) is 9.49. The molecule has 1 spiro atoms. The number of pyridine rings is 2. The van der Waals surface area contributed by atoms with Crippen LogP contribution < -0.4 is 21.1 Å². The number of nitrogen functional groups attached to an aromatic ring is 1. The highest BCUT2D eigenvalue weighted by Gasteiger charge is 2.51. The van der Waals surface area contributed by atoms with Gasteiger partial charge >= 0.3 is 0 Å². The van der Waals surface area contributed by atoms with Crippen molar-refractivity contribution in [3.63, 3.8) is 0 Å². The van der Waals surface area contributed by atoms with Gasteiger partial charge in [0.2, 0.25) is 17.7 Å². The maximum atomic E-state index is 13.9. The Hall–Kier alpha value is -5.17. The molecule has 2 amide bonds. The van der Waals surface area contributed by atoms with E-state index in [0.717, 1.165) is 18.4 Å². The molecule has 0 bridgehead atoms. The Morgan fingerprint density at radius 1 is 1.06 bits per heavy atom. The third-order valence-electron chi connectivity index (χ3n) is 9.80. The molecule has 13 heteroatoms. The van der Waals surface area contributed by atoms with E-state index in [1.165, 1.54) is 19.0 Å². The van der Waals surface area contributed by atoms with E-state index in [0.29, 0.717) is 92.5 Å². The predicted octanol–water partition coefficient (Wildman–Crippen LogP) is 2.68. The first-order valence-electron chi connectivity index (χ1n) is 16.2. The fourth-order valence-corrected chi connectivity index (χ4v) is 6.98. The molecule has 0 unspecified atom stereocenters. The van der Waals surface area contributed by atoms with E-state index in [2.05, 4.69) is 37.0 Å². The summed E-state index contributed by atoms with van der Waals surface area (Å²) in [5, 5.41) is 8.71. The summed E-state index contributed by atoms with van der Waals surface area (Å²) < 4.78 is 5.12. The van der Waals surface area contributed by atoms with E-state index in [-0.39, 0.29) is 17.5 Å². The van der Waals surface area contributed by atoms with Crippen molar-refractivity contribution in [2.45, 2.75) is 31.6 Å². The second kappa shape index (κ2) is 13.9. The van der Waals surface area contributed by atoms with Gasteiger partial charge in [-0.1, -0.05) is 24.3 Å². The summed E-state index contributed by atoms with van der Waals surface area (Å²) in [6.07, 6.45) is 6.16. The minimum Gasteiger partial charge on any atom is -0.481 e. The van der Waals surface area contributed by atoms with Crippen LogP contribution in [0.1, 0.15) is 54.0 Å². The fourth-order valence-electron chi connectivity index (χ4n) is 6.98. The molecule has 1 aromatic carbocycles. The molecular formula is C35H42N10O3. The van der Waals surface area contributed by atoms with Crippen molar-refractivity contribution < 1.29 is 14.3 Å². The molecule has 3 aliphatic rings. The standard InChI is InChI=1S/C35H42N10O3/c1-39-22-41-33(38)25-5-3-23(4-6-25)24-11-15-44(16-12-24)30(46)20-43-17-13-35(21-43)14-18-45(34(35)47)28-9-8-27(36)32(42-28)31(37)26-7-10-29(48-2)40-19-26/h3-10,19,22,24,37H,11-18,20-21,36H2,1-2H3,(H2,38,39,41)/t35-/m0/s1. The van der Waals surface area contributed by atoms with Crippen LogP contribution in [0.4, 0.5) is 11.5 Å². The van der Waals surface area contributed by atoms with Crippen LogP contribution in [0, 0.1) is 10.8 Å². The molecule has 3 saturated heterocycles. The lowest BCUT2D eigenvalue weighted by Gasteiger charge is -2.33. The molecule has 2 aromatic heterocycles. The molecule has 0 aliphatic carbocycles. The van der Waals surface area contributed by atoms with Gasteiger partial charge in [0.25, 0.3) is 0 Å². The van der Waals surface area contributed by atoms with Crippen LogP contribution in [0.5, 0.6) is 5.88 Å². The summed E-state index contributed by atoms with van der Waals surface area (Å²) in [4.78, 5) is 49.8. The predicted molar refractivity (Wildman–Crippen MR) is 186 cm³/mol. The molecule has 48 heavy (non-hydrogen) atoms. The Morgan fingerprint density at radius 2 is 1.79 bits per heavy atom. The first-order valence-corrected chi connectivity index (χ1v) is 16.2. The SMILES string of the molecule is CN=CN=C(N)c1ccc(C2CCN(C(=O)CN3CC[C@]4(CCN(c5ccc(N)c(C(=N)c6ccc(OC)nc6)n5)C4=O)C3)CC2)cc1. The van der Waals surface area contributed by atoms with Crippen molar-refractivity contribution in [1.82, 2.24) is 19.8 Å². The van der Waals surface area contributed by atoms with Gasteiger partial charge in [-0.25, -0.2) is 15.0 Å². The number of carbonyl (C=O) groups excluding carboxylic acids is 2. The molecule has 3 aliphatic heterocycles. The maximum absolute atomic E-state index is 13.9. The third kappa shape index (κ3) is 6.63. The van der Waals surface area contributed by atoms with Crippen LogP contribution in [0.2, 0.25) is 0 Å². The van der Waals surface area contributed by atoms with Crippen LogP contribution in [-0.4, -0.2) is 103 Å². The molecule has 1 atom stereocenters. The van der Waals surface area contributed by atoms with E-state index >= 15 is 0 Å². The smallest absolute Gasteiger partial charge is 0.236 e. The number of nitrogens with two attached hydrogens (primary N) is 2. The van der Waals surface area contributed by atoms with Gasteiger partial charge in [-0.05, 0) is 61.9 Å². The van der Waals surface area contributed by atoms with Gasteiger partial charge in [-0.2, -0.15) is 0 Å². The highest BCUT2D eigenvalue weighted by atomic mass is 16.5. The third-order valence-corrected chi connectivity index (χ3v) is 9.80. The second-order valence-electron chi connectivity index (χ2n) is 12.7. The maximum Gasteiger partial charge on any atom is 0.236 e. The number of likely N-dealkylation sites (tertiary alicyclic amines) is 2. The first-order chi connectivity index (χ1) is 23.2. The fraction of sp³-hybridized carbons (Fsp3) is 0.400. The van der Waals surface area contributed by atoms with E-state index < -0.39 is 5.41 Å². The van der Waals surface area contributed by atoms with Crippen LogP contribution >= 0.6 is 0 Å². The molecule has 0 saturated carbocycles. The Balaban J connectivity index is 1.03. The zero-order valence-corrected chi connectivity index (χ0v) is 27.4. The van der Waals surface area contributed by atoms with Gasteiger partial charge in [0.15, 0.2) is 0 Å². The van der Waals surface area contributed by atoms with E-state index in [1.54, 1.807) is 42.4 Å². The van der Waals surface area contributed by atoms with Gasteiger partial charge in [-0.15, -0.1) is 0 Å². The Morgan fingerprint density at radius 3 is 2.48 bits per heavy atom. The van der Waals surface area contributed by atoms with Crippen molar-refractivity contribution in [2.24, 2.45) is 21.1 Å². The number of hydrogen-bond donors (Lipinski definition) is 3. The summed E-state index contributed by atoms with van der Waals surface area (Å²) >= 11 is 0. The number of anilines is 2. The van der Waals surface area contributed by atoms with E-state index in [9.17, 15) is 9.59 Å². The summed E-state index contributed by atoms with van der Waals surface area (Å²) in [6.45, 7) is 3.49. The van der Waals surface area contributed by atoms with Crippen LogP contribution in [0.15, 0.2) is 64.7 Å². The zero-order chi connectivity index (χ0) is 33.8. The quantitative estimate of drug-likeness (QED) is 0.234. The van der Waals surface area contributed by atoms with Crippen molar-refractivity contribution in [2.75, 3.05) is 64.1 Å². The molecule has 0 radical (unpaired) electrons. The number of nitrogens with zero attached hydrogens (tertiary/aromatic N) is 7. The molecule has 3 fully saturated rings. The zero-order valence-electron chi connectivity index (χ0n) is 27.4. The summed E-state index contributed by atoms with van der Waals surface area (Å²) in [6, 6.07) is 15.0. The lowest BCUT2D eigenvalue weighted by Crippen LogP contribution is -2.44. The second-order valence-corrected chi connectivity index (χ2v) is 12.7. The number of methoxy groups -OCH3 is 1. The number of amides is 2. The number of hydrogen-bond acceptors (Lipinski definition) is 9. The van der Waals surface area contributed by atoms with Gasteiger partial charge < -0.3 is 21.1 Å². The van der Waals surface area contributed by atoms with Crippen molar-refractivity contribution in [1.29, 1.82) is 5.41 Å². The normalized spacial score (nSPS) is 20.7. The van der Waals surface area contributed by atoms with E-state index in [4.69, 9.17) is 21.6 Å². The highest BCUT2D eigenvalue weighted by molar-refractivity contribution is 6.13. The number of benzene rings is 1. The van der Waals surface area contributed by atoms with Crippen molar-refractivity contribution >= 4 is 41.2 Å². The van der Waals surface area contributed by atoms with Crippen LogP contribution in [0.3, 0.4) is 0 Å². The highest BCUT2D eigenvalue weighted by Crippen LogP contribution is 2.42. The van der Waals surface area contributed by atoms with E-state index in [1.807, 2.05) is 17.0 Å². The average Bonchev–Trinajstić information content (AvgIpc) is 3.68. The summed E-state index contributed by atoms with van der Waals surface area (Å²) in [7, 11) is 3.18. The molecule has 13 nitrogen and oxygen atoms in total. The number of amidine groups is 1. The number of piperidine rings is 1. The van der Waals surface area contributed by atoms with Gasteiger partial charge in [0, 0.05) is 56.6 Å². The number of nitrogens with one attached hydrogen (secondary N) is 1. The molecule has 250 valence electrons. The number of carbonyl (C=O) groups is 2. The topological polar surface area (TPSA) is 179 Å². The monoisotopic (exact) mass is 650 g/mol. The number of ether oxygens (including phenoxy) is 1. The first kappa shape index (κ1) is 32.8. The largest absolute Gasteiger partial charge is 0.481 e. The number of aromatic nitrogens is 2. The van der Waals surface area contributed by atoms with Crippen LogP contribution in [0.25, 0.3) is 0 Å². The Bertz CT molecular complexity index is 1730. The summed E-state index contributed by atoms with van der Waals surface area (Å²) in [5.41, 5.74) is 15.1. The molecule has 5 heterocycles. The van der Waals surface area contributed by atoms with Gasteiger partial charge in [-0.3, -0.25) is 29.8 Å². The lowest BCUT2D eigenvalue weighted by atomic mass is 9.85. The summed E-state index contributed by atoms with van der Waals surface area (Å²) in [5.74, 6) is 1.86. The minimum atomic E-state index is -0.548. The lowest BCUT2D eigenvalue weighted by molar-refractivity contribution is -0.133. The van der Waals surface area contributed by atoms with Gasteiger partial charge in [0.1, 0.15) is 23.7 Å². The van der Waals surface area contributed by atoms with Crippen molar-refractivity contribution in [3.8, 4) is 5.88 Å². The van der Waals surface area contributed by atoms with Crippen LogP contribution in [-0.2, 0) is 9.59 Å². The molecular weight excluding hydrogens is 608 g/mol. The average molecular weight is 651 g/mol. The molecule has 6 rings (SSSR count). The Labute approximate surface area is 280 Å². The minimum absolute atomic E-state index is 0.0108. The molecule has 3 aromatic rings. The number of rotatable bonds is 9. The molecule has 5 N–H and O–H groups in total.